The number of aliphatic imine (C=N–C) groups is 1. The Morgan fingerprint density at radius 3 is 2.71 bits per heavy atom. The molecule has 0 aliphatic carbocycles. The third-order valence-electron chi connectivity index (χ3n) is 3.99. The molecule has 1 fully saturated rings. The number of rotatable bonds is 6. The van der Waals surface area contributed by atoms with E-state index in [1.165, 1.54) is 28.8 Å². The number of hydrogen-bond donors (Lipinski definition) is 1. The lowest BCUT2D eigenvalue weighted by Gasteiger charge is -2.10. The number of thioether (sulfide) groups is 1. The monoisotopic (exact) mass is 401 g/mol. The van der Waals surface area contributed by atoms with Crippen LogP contribution in [-0.2, 0) is 9.59 Å². The lowest BCUT2D eigenvalue weighted by Crippen LogP contribution is -2.30. The largest absolute Gasteiger partial charge is 0.494 e. The smallest absolute Gasteiger partial charge is 0.242 e. The number of nitrogens with one attached hydrogen (secondary N) is 1. The van der Waals surface area contributed by atoms with Gasteiger partial charge in [0.05, 0.1) is 12.3 Å². The molecule has 0 aromatic heterocycles. The van der Waals surface area contributed by atoms with Gasteiger partial charge in [0.15, 0.2) is 5.17 Å². The van der Waals surface area contributed by atoms with Crippen LogP contribution >= 0.6 is 11.8 Å². The molecule has 0 unspecified atom stereocenters. The van der Waals surface area contributed by atoms with E-state index in [0.717, 1.165) is 5.75 Å². The van der Waals surface area contributed by atoms with Crippen LogP contribution in [0, 0.1) is 5.82 Å². The highest BCUT2D eigenvalue weighted by atomic mass is 32.2. The SMILES string of the molecule is CCOc1ccc(NC(=O)C[C@H]2SC(=Nc3cccc(F)c3)N(C)C2=O)cc1. The Hall–Kier alpha value is -2.87. The highest BCUT2D eigenvalue weighted by Crippen LogP contribution is 2.31. The average molecular weight is 401 g/mol. The molecule has 0 spiro atoms. The molecule has 28 heavy (non-hydrogen) atoms. The first-order valence-electron chi connectivity index (χ1n) is 8.77. The van der Waals surface area contributed by atoms with E-state index in [1.807, 2.05) is 6.92 Å². The maximum Gasteiger partial charge on any atom is 0.242 e. The number of benzene rings is 2. The minimum Gasteiger partial charge on any atom is -0.494 e. The zero-order valence-electron chi connectivity index (χ0n) is 15.5. The topological polar surface area (TPSA) is 71.0 Å². The number of amidine groups is 1. The molecule has 1 heterocycles. The van der Waals surface area contributed by atoms with Crippen molar-refractivity contribution in [2.75, 3.05) is 19.0 Å². The van der Waals surface area contributed by atoms with Gasteiger partial charge >= 0.3 is 0 Å². The van der Waals surface area contributed by atoms with Crippen LogP contribution in [0.3, 0.4) is 0 Å². The number of amides is 2. The molecule has 8 heteroatoms. The standard InChI is InChI=1S/C20H20FN3O3S/c1-3-27-16-9-7-14(8-10-16)22-18(25)12-17-19(26)24(2)20(28-17)23-15-6-4-5-13(21)11-15/h4-11,17H,3,12H2,1-2H3,(H,22,25)/t17-/m1/s1. The van der Waals surface area contributed by atoms with Crippen molar-refractivity contribution in [3.63, 3.8) is 0 Å². The number of halogens is 1. The van der Waals surface area contributed by atoms with Gasteiger partial charge in [0.2, 0.25) is 11.8 Å². The molecular formula is C20H20FN3O3S. The minimum atomic E-state index is -0.569. The molecule has 0 radical (unpaired) electrons. The van der Waals surface area contributed by atoms with Crippen LogP contribution in [0.25, 0.3) is 0 Å². The van der Waals surface area contributed by atoms with E-state index in [2.05, 4.69) is 10.3 Å². The van der Waals surface area contributed by atoms with Crippen LogP contribution in [-0.4, -0.2) is 40.8 Å². The Morgan fingerprint density at radius 2 is 2.04 bits per heavy atom. The van der Waals surface area contributed by atoms with Gasteiger partial charge in [-0.05, 0) is 49.4 Å². The number of ether oxygens (including phenoxy) is 1. The fraction of sp³-hybridized carbons (Fsp3) is 0.250. The zero-order chi connectivity index (χ0) is 20.1. The molecule has 146 valence electrons. The number of anilines is 1. The number of nitrogens with zero attached hydrogens (tertiary/aromatic N) is 2. The summed E-state index contributed by atoms with van der Waals surface area (Å²) in [6.45, 7) is 2.47. The summed E-state index contributed by atoms with van der Waals surface area (Å²) in [5, 5.41) is 2.65. The molecule has 0 saturated carbocycles. The molecule has 1 aliphatic heterocycles. The number of carbonyl (C=O) groups excluding carboxylic acids is 2. The lowest BCUT2D eigenvalue weighted by molar-refractivity contribution is -0.127. The maximum atomic E-state index is 13.3. The summed E-state index contributed by atoms with van der Waals surface area (Å²) in [5.41, 5.74) is 1.05. The Morgan fingerprint density at radius 1 is 1.29 bits per heavy atom. The second-order valence-corrected chi connectivity index (χ2v) is 7.26. The van der Waals surface area contributed by atoms with Crippen LogP contribution in [0.2, 0.25) is 0 Å². The van der Waals surface area contributed by atoms with Crippen molar-refractivity contribution in [1.82, 2.24) is 4.90 Å². The molecule has 2 amide bonds. The van der Waals surface area contributed by atoms with E-state index >= 15 is 0 Å². The molecule has 0 bridgehead atoms. The molecule has 1 aliphatic rings. The summed E-state index contributed by atoms with van der Waals surface area (Å²) in [6, 6.07) is 12.9. The van der Waals surface area contributed by atoms with Gasteiger partial charge in [0.25, 0.3) is 0 Å². The van der Waals surface area contributed by atoms with Gasteiger partial charge in [-0.3, -0.25) is 14.5 Å². The molecule has 1 atom stereocenters. The molecular weight excluding hydrogens is 381 g/mol. The van der Waals surface area contributed by atoms with Gasteiger partial charge < -0.3 is 10.1 Å². The summed E-state index contributed by atoms with van der Waals surface area (Å²) in [6.07, 6.45) is 0.0171. The van der Waals surface area contributed by atoms with Gasteiger partial charge in [-0.25, -0.2) is 9.38 Å². The van der Waals surface area contributed by atoms with Crippen LogP contribution < -0.4 is 10.1 Å². The summed E-state index contributed by atoms with van der Waals surface area (Å²) < 4.78 is 18.7. The van der Waals surface area contributed by atoms with Crippen LogP contribution in [0.1, 0.15) is 13.3 Å². The van der Waals surface area contributed by atoms with Crippen LogP contribution in [0.4, 0.5) is 15.8 Å². The highest BCUT2D eigenvalue weighted by molar-refractivity contribution is 8.15. The molecule has 1 saturated heterocycles. The van der Waals surface area contributed by atoms with Crippen molar-refractivity contribution in [1.29, 1.82) is 0 Å². The third kappa shape index (κ3) is 4.89. The van der Waals surface area contributed by atoms with Crippen LogP contribution in [0.5, 0.6) is 5.75 Å². The second-order valence-electron chi connectivity index (χ2n) is 6.09. The van der Waals surface area contributed by atoms with Gasteiger partial charge in [-0.15, -0.1) is 0 Å². The lowest BCUT2D eigenvalue weighted by atomic mass is 10.2. The fourth-order valence-corrected chi connectivity index (χ4v) is 3.79. The van der Waals surface area contributed by atoms with Crippen molar-refractivity contribution in [3.05, 3.63) is 54.3 Å². The summed E-state index contributed by atoms with van der Waals surface area (Å²) >= 11 is 1.20. The maximum absolute atomic E-state index is 13.3. The summed E-state index contributed by atoms with van der Waals surface area (Å²) in [4.78, 5) is 30.5. The predicted octanol–water partition coefficient (Wildman–Crippen LogP) is 3.81. The van der Waals surface area contributed by atoms with E-state index < -0.39 is 11.1 Å². The average Bonchev–Trinajstić information content (AvgIpc) is 2.91. The van der Waals surface area contributed by atoms with Crippen molar-refractivity contribution < 1.29 is 18.7 Å². The molecule has 1 N–H and O–H groups in total. The Kier molecular flexibility index (Phi) is 6.30. The van der Waals surface area contributed by atoms with E-state index in [9.17, 15) is 14.0 Å². The number of carbonyl (C=O) groups is 2. The fourth-order valence-electron chi connectivity index (χ4n) is 2.63. The molecule has 2 aromatic rings. The van der Waals surface area contributed by atoms with Crippen molar-refractivity contribution in [2.24, 2.45) is 4.99 Å². The van der Waals surface area contributed by atoms with Gasteiger partial charge in [-0.1, -0.05) is 17.8 Å². The Balaban J connectivity index is 1.62. The quantitative estimate of drug-likeness (QED) is 0.799. The summed E-state index contributed by atoms with van der Waals surface area (Å²) in [7, 11) is 1.60. The first kappa shape index (κ1) is 19.9. The first-order valence-corrected chi connectivity index (χ1v) is 9.65. The van der Waals surface area contributed by atoms with Gasteiger partial charge in [-0.2, -0.15) is 0 Å². The number of hydrogen-bond acceptors (Lipinski definition) is 5. The Bertz CT molecular complexity index is 902. The molecule has 3 rings (SSSR count). The normalized spacial score (nSPS) is 17.8. The highest BCUT2D eigenvalue weighted by Gasteiger charge is 2.37. The van der Waals surface area contributed by atoms with Crippen molar-refractivity contribution in [3.8, 4) is 5.75 Å². The van der Waals surface area contributed by atoms with E-state index in [0.29, 0.717) is 23.1 Å². The predicted molar refractivity (Wildman–Crippen MR) is 109 cm³/mol. The third-order valence-corrected chi connectivity index (χ3v) is 5.22. The van der Waals surface area contributed by atoms with Crippen molar-refractivity contribution >= 4 is 40.1 Å². The molecule has 6 nitrogen and oxygen atoms in total. The van der Waals surface area contributed by atoms with E-state index in [1.54, 1.807) is 43.4 Å². The first-order chi connectivity index (χ1) is 13.5. The van der Waals surface area contributed by atoms with Gasteiger partial charge in [0.1, 0.15) is 16.8 Å². The zero-order valence-corrected chi connectivity index (χ0v) is 16.3. The molecule has 2 aromatic carbocycles. The van der Waals surface area contributed by atoms with E-state index in [4.69, 9.17) is 4.74 Å². The van der Waals surface area contributed by atoms with E-state index in [-0.39, 0.29) is 18.2 Å². The summed E-state index contributed by atoms with van der Waals surface area (Å²) in [5.74, 6) is -0.149. The van der Waals surface area contributed by atoms with Gasteiger partial charge in [0, 0.05) is 19.2 Å². The van der Waals surface area contributed by atoms with Crippen LogP contribution in [0.15, 0.2) is 53.5 Å². The van der Waals surface area contributed by atoms with Crippen molar-refractivity contribution in [2.45, 2.75) is 18.6 Å². The minimum absolute atomic E-state index is 0.0171. The Labute approximate surface area is 166 Å². The second kappa shape index (κ2) is 8.88.